The smallest absolute Gasteiger partial charge is 0.212 e. The Balaban J connectivity index is 1.78. The molecule has 1 atom stereocenters. The quantitative estimate of drug-likeness (QED) is 0.862. The van der Waals surface area contributed by atoms with Crippen LogP contribution < -0.4 is 10.5 Å². The molecule has 6 heteroatoms. The summed E-state index contributed by atoms with van der Waals surface area (Å²) < 4.78 is 5.76. The average Bonchev–Trinajstić information content (AvgIpc) is 2.94. The van der Waals surface area contributed by atoms with E-state index >= 15 is 0 Å². The number of hydrogen-bond donors (Lipinski definition) is 1. The van der Waals surface area contributed by atoms with Gasteiger partial charge in [-0.3, -0.25) is 0 Å². The molecule has 0 aliphatic heterocycles. The molecule has 1 unspecified atom stereocenters. The van der Waals surface area contributed by atoms with Crippen molar-refractivity contribution in [1.29, 1.82) is 0 Å². The van der Waals surface area contributed by atoms with E-state index in [0.717, 1.165) is 18.6 Å². The topological polar surface area (TPSA) is 78.8 Å². The van der Waals surface area contributed by atoms with E-state index in [1.165, 1.54) is 15.9 Å². The predicted octanol–water partition coefficient (Wildman–Crippen LogP) is 0.735. The summed E-state index contributed by atoms with van der Waals surface area (Å²) >= 11 is 0. The minimum atomic E-state index is 0.137. The molecule has 0 fully saturated rings. The summed E-state index contributed by atoms with van der Waals surface area (Å²) in [6.45, 7) is 0.333. The Hall–Kier alpha value is -1.95. The van der Waals surface area contributed by atoms with E-state index in [1.54, 1.807) is 7.05 Å². The van der Waals surface area contributed by atoms with Crippen LogP contribution in [-0.2, 0) is 20.1 Å². The molecule has 94 valence electrons. The summed E-state index contributed by atoms with van der Waals surface area (Å²) in [6.07, 6.45) is 1.96. The normalized spacial score (nSPS) is 17.8. The minimum Gasteiger partial charge on any atom is -0.485 e. The van der Waals surface area contributed by atoms with Gasteiger partial charge in [0.05, 0.1) is 7.05 Å². The van der Waals surface area contributed by atoms with Gasteiger partial charge in [-0.05, 0) is 35.2 Å². The van der Waals surface area contributed by atoms with Crippen molar-refractivity contribution in [2.75, 3.05) is 0 Å². The summed E-state index contributed by atoms with van der Waals surface area (Å²) in [4.78, 5) is 1.42. The molecule has 3 rings (SSSR count). The highest BCUT2D eigenvalue weighted by Crippen LogP contribution is 2.35. The molecule has 0 amide bonds. The van der Waals surface area contributed by atoms with Crippen LogP contribution in [0.15, 0.2) is 18.2 Å². The van der Waals surface area contributed by atoms with Crippen molar-refractivity contribution in [3.05, 3.63) is 35.2 Å². The maximum Gasteiger partial charge on any atom is 0.212 e. The highest BCUT2D eigenvalue weighted by molar-refractivity contribution is 5.44. The zero-order valence-corrected chi connectivity index (χ0v) is 10.2. The van der Waals surface area contributed by atoms with Gasteiger partial charge in [0.25, 0.3) is 0 Å². The first-order valence-corrected chi connectivity index (χ1v) is 5.97. The first kappa shape index (κ1) is 11.2. The molecule has 1 heterocycles. The number of nitrogens with two attached hydrogens (primary N) is 1. The van der Waals surface area contributed by atoms with Crippen LogP contribution in [0.2, 0.25) is 0 Å². The van der Waals surface area contributed by atoms with Crippen molar-refractivity contribution in [2.45, 2.75) is 25.5 Å². The summed E-state index contributed by atoms with van der Waals surface area (Å²) in [5, 5.41) is 11.7. The molecule has 0 bridgehead atoms. The lowest BCUT2D eigenvalue weighted by Crippen LogP contribution is -2.05. The lowest BCUT2D eigenvalue weighted by Gasteiger charge is -2.10. The molecule has 18 heavy (non-hydrogen) atoms. The number of fused-ring (bicyclic) bond motifs is 1. The molecule has 0 spiro atoms. The number of aromatic nitrogens is 4. The first-order valence-electron chi connectivity index (χ1n) is 5.97. The van der Waals surface area contributed by atoms with E-state index in [1.807, 2.05) is 12.1 Å². The summed E-state index contributed by atoms with van der Waals surface area (Å²) in [6, 6.07) is 6.15. The number of ether oxygens (including phenoxy) is 1. The average molecular weight is 245 g/mol. The van der Waals surface area contributed by atoms with E-state index in [0.29, 0.717) is 12.4 Å². The van der Waals surface area contributed by atoms with E-state index in [4.69, 9.17) is 10.5 Å². The molecule has 2 N–H and O–H groups in total. The lowest BCUT2D eigenvalue weighted by atomic mass is 10.1. The molecule has 1 aromatic carbocycles. The van der Waals surface area contributed by atoms with Crippen LogP contribution in [0.25, 0.3) is 0 Å². The number of benzene rings is 1. The van der Waals surface area contributed by atoms with E-state index in [9.17, 15) is 0 Å². The highest BCUT2D eigenvalue weighted by Gasteiger charge is 2.22. The van der Waals surface area contributed by atoms with Crippen LogP contribution >= 0.6 is 0 Å². The van der Waals surface area contributed by atoms with Crippen LogP contribution in [0, 0.1) is 0 Å². The SMILES string of the molecule is Cn1nnc(COc2cccc3c2CCC3N)n1. The number of rotatable bonds is 3. The standard InChI is InChI=1S/C12H15N5O/c1-17-15-12(14-16-17)7-18-11-4-2-3-8-9(11)5-6-10(8)13/h2-4,10H,5-7,13H2,1H3. The zero-order valence-electron chi connectivity index (χ0n) is 10.2. The number of aryl methyl sites for hydroxylation is 1. The fourth-order valence-corrected chi connectivity index (χ4v) is 2.31. The van der Waals surface area contributed by atoms with Gasteiger partial charge in [-0.15, -0.1) is 10.2 Å². The molecule has 2 aromatic rings. The number of tetrazole rings is 1. The summed E-state index contributed by atoms with van der Waals surface area (Å²) in [5.41, 5.74) is 8.44. The van der Waals surface area contributed by atoms with Crippen molar-refractivity contribution < 1.29 is 4.74 Å². The fraction of sp³-hybridized carbons (Fsp3) is 0.417. The van der Waals surface area contributed by atoms with Gasteiger partial charge in [0.15, 0.2) is 6.61 Å². The van der Waals surface area contributed by atoms with Gasteiger partial charge in [-0.2, -0.15) is 4.80 Å². The Morgan fingerprint density at radius 1 is 1.50 bits per heavy atom. The summed E-state index contributed by atoms with van der Waals surface area (Å²) in [7, 11) is 1.73. The lowest BCUT2D eigenvalue weighted by molar-refractivity contribution is 0.292. The molecular formula is C12H15N5O. The van der Waals surface area contributed by atoms with Gasteiger partial charge >= 0.3 is 0 Å². The van der Waals surface area contributed by atoms with Crippen LogP contribution in [0.1, 0.15) is 29.4 Å². The Labute approximate surface area is 105 Å². The zero-order chi connectivity index (χ0) is 12.5. The van der Waals surface area contributed by atoms with Gasteiger partial charge in [-0.25, -0.2) is 0 Å². The summed E-state index contributed by atoms with van der Waals surface area (Å²) in [5.74, 6) is 1.46. The van der Waals surface area contributed by atoms with Crippen molar-refractivity contribution in [2.24, 2.45) is 12.8 Å². The largest absolute Gasteiger partial charge is 0.485 e. The van der Waals surface area contributed by atoms with Gasteiger partial charge in [0.2, 0.25) is 5.82 Å². The second-order valence-corrected chi connectivity index (χ2v) is 4.45. The van der Waals surface area contributed by atoms with Gasteiger partial charge in [0.1, 0.15) is 5.75 Å². The molecule has 0 radical (unpaired) electrons. The maximum atomic E-state index is 6.03. The van der Waals surface area contributed by atoms with Crippen LogP contribution in [0.3, 0.4) is 0 Å². The molecule has 1 aromatic heterocycles. The predicted molar refractivity (Wildman–Crippen MR) is 64.8 cm³/mol. The van der Waals surface area contributed by atoms with Gasteiger partial charge < -0.3 is 10.5 Å². The van der Waals surface area contributed by atoms with Gasteiger partial charge in [0, 0.05) is 6.04 Å². The van der Waals surface area contributed by atoms with Crippen molar-refractivity contribution >= 4 is 0 Å². The molecule has 0 saturated carbocycles. The highest BCUT2D eigenvalue weighted by atomic mass is 16.5. The van der Waals surface area contributed by atoms with E-state index < -0.39 is 0 Å². The Morgan fingerprint density at radius 3 is 3.17 bits per heavy atom. The van der Waals surface area contributed by atoms with Crippen LogP contribution in [0.4, 0.5) is 0 Å². The van der Waals surface area contributed by atoms with Gasteiger partial charge in [-0.1, -0.05) is 12.1 Å². The second kappa shape index (κ2) is 4.38. The molecule has 6 nitrogen and oxygen atoms in total. The van der Waals surface area contributed by atoms with Crippen molar-refractivity contribution in [3.63, 3.8) is 0 Å². The second-order valence-electron chi connectivity index (χ2n) is 4.45. The van der Waals surface area contributed by atoms with E-state index in [-0.39, 0.29) is 6.04 Å². The third kappa shape index (κ3) is 1.95. The van der Waals surface area contributed by atoms with E-state index in [2.05, 4.69) is 21.5 Å². The minimum absolute atomic E-state index is 0.137. The third-order valence-corrected chi connectivity index (χ3v) is 3.18. The number of hydrogen-bond acceptors (Lipinski definition) is 5. The third-order valence-electron chi connectivity index (χ3n) is 3.18. The monoisotopic (exact) mass is 245 g/mol. The first-order chi connectivity index (χ1) is 8.74. The Morgan fingerprint density at radius 2 is 2.39 bits per heavy atom. The van der Waals surface area contributed by atoms with Crippen molar-refractivity contribution in [1.82, 2.24) is 20.2 Å². The molecule has 1 aliphatic carbocycles. The Bertz CT molecular complexity index is 565. The molecule has 1 aliphatic rings. The number of nitrogens with zero attached hydrogens (tertiary/aromatic N) is 4. The fourth-order valence-electron chi connectivity index (χ4n) is 2.31. The van der Waals surface area contributed by atoms with Crippen molar-refractivity contribution in [3.8, 4) is 5.75 Å². The molecule has 0 saturated heterocycles. The maximum absolute atomic E-state index is 6.03. The molecular weight excluding hydrogens is 230 g/mol. The Kier molecular flexibility index (Phi) is 2.71. The van der Waals surface area contributed by atoms with Crippen LogP contribution in [-0.4, -0.2) is 20.2 Å². The van der Waals surface area contributed by atoms with Crippen LogP contribution in [0.5, 0.6) is 5.75 Å².